The Hall–Kier alpha value is -2.09. The fourth-order valence-electron chi connectivity index (χ4n) is 1.39. The molecule has 0 atom stereocenters. The maximum Gasteiger partial charge on any atom is 0.152 e. The van der Waals surface area contributed by atoms with Crippen molar-refractivity contribution in [2.24, 2.45) is 7.05 Å². The van der Waals surface area contributed by atoms with Crippen molar-refractivity contribution in [2.75, 3.05) is 0 Å². The second kappa shape index (κ2) is 3.58. The number of rotatable bonds is 2. The van der Waals surface area contributed by atoms with Crippen LogP contribution in [0.3, 0.4) is 0 Å². The zero-order valence-corrected chi connectivity index (χ0v) is 8.68. The first-order chi connectivity index (χ1) is 7.22. The van der Waals surface area contributed by atoms with Crippen molar-refractivity contribution in [2.45, 2.75) is 13.5 Å². The molecular formula is C10H11N5. The standard InChI is InChI=1S/C10H11N5/c1-8-12-13-10(14(8)2)7-15-5-3-4-9(15)6-11/h3-5H,7H2,1-2H3. The van der Waals surface area contributed by atoms with Crippen LogP contribution in [0, 0.1) is 18.3 Å². The lowest BCUT2D eigenvalue weighted by molar-refractivity contribution is 0.689. The summed E-state index contributed by atoms with van der Waals surface area (Å²) in [5.74, 6) is 1.72. The molecule has 0 fully saturated rings. The van der Waals surface area contributed by atoms with Gasteiger partial charge in [-0.1, -0.05) is 0 Å². The van der Waals surface area contributed by atoms with Gasteiger partial charge in [-0.15, -0.1) is 10.2 Å². The van der Waals surface area contributed by atoms with E-state index in [0.717, 1.165) is 11.6 Å². The third-order valence-electron chi connectivity index (χ3n) is 2.44. The van der Waals surface area contributed by atoms with Crippen molar-refractivity contribution in [1.29, 1.82) is 5.26 Å². The Bertz CT molecular complexity index is 514. The third-order valence-corrected chi connectivity index (χ3v) is 2.44. The molecule has 5 heteroatoms. The Morgan fingerprint density at radius 2 is 2.27 bits per heavy atom. The van der Waals surface area contributed by atoms with E-state index in [1.807, 2.05) is 35.4 Å². The highest BCUT2D eigenvalue weighted by atomic mass is 15.3. The number of hydrogen-bond acceptors (Lipinski definition) is 3. The molecule has 2 heterocycles. The summed E-state index contributed by atoms with van der Waals surface area (Å²) >= 11 is 0. The molecule has 76 valence electrons. The molecule has 2 aromatic heterocycles. The van der Waals surface area contributed by atoms with Gasteiger partial charge in [0.05, 0.1) is 6.54 Å². The molecule has 0 aliphatic carbocycles. The van der Waals surface area contributed by atoms with Crippen LogP contribution >= 0.6 is 0 Å². The maximum absolute atomic E-state index is 8.85. The van der Waals surface area contributed by atoms with E-state index in [1.165, 1.54) is 0 Å². The summed E-state index contributed by atoms with van der Waals surface area (Å²) in [6.45, 7) is 2.48. The molecule has 0 aromatic carbocycles. The molecular weight excluding hydrogens is 190 g/mol. The van der Waals surface area contributed by atoms with Gasteiger partial charge in [-0.2, -0.15) is 5.26 Å². The molecule has 15 heavy (non-hydrogen) atoms. The molecule has 0 aliphatic rings. The van der Waals surface area contributed by atoms with Crippen LogP contribution in [-0.4, -0.2) is 19.3 Å². The summed E-state index contributed by atoms with van der Waals surface area (Å²) in [7, 11) is 1.92. The smallest absolute Gasteiger partial charge is 0.152 e. The summed E-state index contributed by atoms with van der Waals surface area (Å²) in [6, 6.07) is 5.76. The van der Waals surface area contributed by atoms with Crippen LogP contribution in [0.5, 0.6) is 0 Å². The predicted octanol–water partition coefficient (Wildman–Crippen LogP) is 0.845. The largest absolute Gasteiger partial charge is 0.332 e. The first kappa shape index (κ1) is 9.46. The van der Waals surface area contributed by atoms with Gasteiger partial charge in [-0.25, -0.2) is 0 Å². The highest BCUT2D eigenvalue weighted by Crippen LogP contribution is 2.05. The van der Waals surface area contributed by atoms with E-state index in [4.69, 9.17) is 5.26 Å². The predicted molar refractivity (Wildman–Crippen MR) is 54.0 cm³/mol. The zero-order chi connectivity index (χ0) is 10.8. The molecule has 0 spiro atoms. The van der Waals surface area contributed by atoms with E-state index < -0.39 is 0 Å². The molecule has 2 aromatic rings. The van der Waals surface area contributed by atoms with Gasteiger partial charge in [0.15, 0.2) is 5.82 Å². The van der Waals surface area contributed by atoms with Gasteiger partial charge in [0.25, 0.3) is 0 Å². The van der Waals surface area contributed by atoms with Gasteiger partial charge in [0, 0.05) is 13.2 Å². The lowest BCUT2D eigenvalue weighted by Crippen LogP contribution is -2.07. The summed E-state index contributed by atoms with van der Waals surface area (Å²) in [5, 5.41) is 16.9. The summed E-state index contributed by atoms with van der Waals surface area (Å²) in [4.78, 5) is 0. The van der Waals surface area contributed by atoms with Crippen molar-refractivity contribution >= 4 is 0 Å². The van der Waals surface area contributed by atoms with Crippen LogP contribution in [-0.2, 0) is 13.6 Å². The second-order valence-electron chi connectivity index (χ2n) is 3.36. The average molecular weight is 201 g/mol. The number of nitriles is 1. The highest BCUT2D eigenvalue weighted by molar-refractivity contribution is 5.22. The van der Waals surface area contributed by atoms with Crippen molar-refractivity contribution < 1.29 is 0 Å². The van der Waals surface area contributed by atoms with Gasteiger partial charge >= 0.3 is 0 Å². The van der Waals surface area contributed by atoms with Crippen LogP contribution in [0.2, 0.25) is 0 Å². The Morgan fingerprint density at radius 3 is 2.87 bits per heavy atom. The molecule has 0 unspecified atom stereocenters. The second-order valence-corrected chi connectivity index (χ2v) is 3.36. The molecule has 0 amide bonds. The molecule has 2 rings (SSSR count). The van der Waals surface area contributed by atoms with Crippen LogP contribution in [0.25, 0.3) is 0 Å². The minimum atomic E-state index is 0.577. The first-order valence-corrected chi connectivity index (χ1v) is 4.62. The molecule has 0 saturated heterocycles. The minimum Gasteiger partial charge on any atom is -0.332 e. The van der Waals surface area contributed by atoms with E-state index in [1.54, 1.807) is 6.07 Å². The SMILES string of the molecule is Cc1nnc(Cn2cccc2C#N)n1C. The van der Waals surface area contributed by atoms with Crippen LogP contribution in [0.15, 0.2) is 18.3 Å². The van der Waals surface area contributed by atoms with Crippen LogP contribution in [0.4, 0.5) is 0 Å². The van der Waals surface area contributed by atoms with Crippen LogP contribution < -0.4 is 0 Å². The summed E-state index contributed by atoms with van der Waals surface area (Å²) in [5.41, 5.74) is 0.635. The molecule has 5 nitrogen and oxygen atoms in total. The Labute approximate surface area is 87.6 Å². The van der Waals surface area contributed by atoms with Gasteiger partial charge in [-0.05, 0) is 19.1 Å². The third kappa shape index (κ3) is 1.62. The normalized spacial score (nSPS) is 10.2. The number of aromatic nitrogens is 4. The molecule has 0 aliphatic heterocycles. The van der Waals surface area contributed by atoms with Gasteiger partial charge in [-0.3, -0.25) is 0 Å². The lowest BCUT2D eigenvalue weighted by Gasteiger charge is -2.04. The van der Waals surface area contributed by atoms with E-state index in [2.05, 4.69) is 16.3 Å². The fraction of sp³-hybridized carbons (Fsp3) is 0.300. The Morgan fingerprint density at radius 1 is 1.47 bits per heavy atom. The zero-order valence-electron chi connectivity index (χ0n) is 8.68. The summed E-state index contributed by atoms with van der Waals surface area (Å²) < 4.78 is 3.77. The van der Waals surface area contributed by atoms with Crippen molar-refractivity contribution in [3.63, 3.8) is 0 Å². The Balaban J connectivity index is 2.30. The monoisotopic (exact) mass is 201 g/mol. The molecule has 0 N–H and O–H groups in total. The topological polar surface area (TPSA) is 59.4 Å². The van der Waals surface area contributed by atoms with Crippen LogP contribution in [0.1, 0.15) is 17.3 Å². The lowest BCUT2D eigenvalue weighted by atomic mass is 10.4. The Kier molecular flexibility index (Phi) is 2.26. The minimum absolute atomic E-state index is 0.577. The molecule has 0 saturated carbocycles. The van der Waals surface area contributed by atoms with Crippen molar-refractivity contribution in [3.05, 3.63) is 35.7 Å². The van der Waals surface area contributed by atoms with Crippen molar-refractivity contribution in [1.82, 2.24) is 19.3 Å². The average Bonchev–Trinajstić information content (AvgIpc) is 2.80. The number of hydrogen-bond donors (Lipinski definition) is 0. The number of aryl methyl sites for hydroxylation is 1. The van der Waals surface area contributed by atoms with E-state index >= 15 is 0 Å². The van der Waals surface area contributed by atoms with E-state index in [-0.39, 0.29) is 0 Å². The quantitative estimate of drug-likeness (QED) is 0.723. The summed E-state index contributed by atoms with van der Waals surface area (Å²) in [6.07, 6.45) is 1.86. The highest BCUT2D eigenvalue weighted by Gasteiger charge is 2.07. The fourth-order valence-corrected chi connectivity index (χ4v) is 1.39. The number of nitrogens with zero attached hydrogens (tertiary/aromatic N) is 5. The van der Waals surface area contributed by atoms with E-state index in [0.29, 0.717) is 12.2 Å². The maximum atomic E-state index is 8.85. The van der Waals surface area contributed by atoms with Gasteiger partial charge in [0.2, 0.25) is 0 Å². The van der Waals surface area contributed by atoms with Gasteiger partial charge < -0.3 is 9.13 Å². The molecule has 0 bridgehead atoms. The van der Waals surface area contributed by atoms with Gasteiger partial charge in [0.1, 0.15) is 17.6 Å². The molecule has 0 radical (unpaired) electrons. The van der Waals surface area contributed by atoms with Crippen molar-refractivity contribution in [3.8, 4) is 6.07 Å². The van der Waals surface area contributed by atoms with E-state index in [9.17, 15) is 0 Å². The first-order valence-electron chi connectivity index (χ1n) is 4.62.